The van der Waals surface area contributed by atoms with Crippen LogP contribution in [0.25, 0.3) is 0 Å². The smallest absolute Gasteiger partial charge is 0.00885 e. The first-order valence-electron chi connectivity index (χ1n) is 8.65. The molecule has 0 nitrogen and oxygen atoms in total. The first-order valence-corrected chi connectivity index (χ1v) is 8.65. The molecule has 22 heavy (non-hydrogen) atoms. The van der Waals surface area contributed by atoms with E-state index in [1.807, 2.05) is 0 Å². The SMILES string of the molecule is CC1=CC=C(C2=C(C3CC(C)=CC=C3C)C=C(C)CC2)CC1. The first kappa shape index (κ1) is 15.3. The van der Waals surface area contributed by atoms with Crippen LogP contribution in [0.3, 0.4) is 0 Å². The summed E-state index contributed by atoms with van der Waals surface area (Å²) in [6, 6.07) is 0. The summed E-state index contributed by atoms with van der Waals surface area (Å²) in [7, 11) is 0. The van der Waals surface area contributed by atoms with E-state index in [0.29, 0.717) is 5.92 Å². The monoisotopic (exact) mass is 292 g/mol. The molecule has 0 aromatic heterocycles. The third-order valence-corrected chi connectivity index (χ3v) is 5.35. The standard InChI is InChI=1S/C22H28/c1-15-6-10-19(11-7-15)20-12-8-17(3)14-22(20)21-13-16(2)5-9-18(21)4/h5-6,9-10,14,21H,7-8,11-13H2,1-4H3. The molecular formula is C22H28. The topological polar surface area (TPSA) is 0 Å². The largest absolute Gasteiger partial charge is 0.0730 e. The van der Waals surface area contributed by atoms with Crippen LogP contribution in [-0.4, -0.2) is 0 Å². The van der Waals surface area contributed by atoms with Gasteiger partial charge in [-0.2, -0.15) is 0 Å². The highest BCUT2D eigenvalue weighted by molar-refractivity contribution is 5.51. The Labute approximate surface area is 135 Å². The third-order valence-electron chi connectivity index (χ3n) is 5.35. The number of hydrogen-bond acceptors (Lipinski definition) is 0. The van der Waals surface area contributed by atoms with E-state index in [9.17, 15) is 0 Å². The van der Waals surface area contributed by atoms with Gasteiger partial charge in [-0.05, 0) is 76.5 Å². The van der Waals surface area contributed by atoms with E-state index in [-0.39, 0.29) is 0 Å². The Hall–Kier alpha value is -1.56. The van der Waals surface area contributed by atoms with Gasteiger partial charge in [0.25, 0.3) is 0 Å². The number of allylic oxidation sites excluding steroid dienone is 12. The average molecular weight is 292 g/mol. The van der Waals surface area contributed by atoms with Crippen molar-refractivity contribution in [2.75, 3.05) is 0 Å². The minimum Gasteiger partial charge on any atom is -0.0730 e. The lowest BCUT2D eigenvalue weighted by Gasteiger charge is -2.30. The summed E-state index contributed by atoms with van der Waals surface area (Å²) in [5.41, 5.74) is 10.9. The maximum Gasteiger partial charge on any atom is 0.00885 e. The summed E-state index contributed by atoms with van der Waals surface area (Å²) in [4.78, 5) is 0. The molecule has 0 bridgehead atoms. The van der Waals surface area contributed by atoms with E-state index in [1.165, 1.54) is 48.8 Å². The second kappa shape index (κ2) is 6.28. The molecule has 3 rings (SSSR count). The van der Waals surface area contributed by atoms with Crippen molar-refractivity contribution in [1.82, 2.24) is 0 Å². The highest BCUT2D eigenvalue weighted by Crippen LogP contribution is 2.41. The fourth-order valence-electron chi connectivity index (χ4n) is 3.84. The van der Waals surface area contributed by atoms with Crippen LogP contribution in [0, 0.1) is 5.92 Å². The molecular weight excluding hydrogens is 264 g/mol. The average Bonchev–Trinajstić information content (AvgIpc) is 2.51. The van der Waals surface area contributed by atoms with Crippen LogP contribution in [-0.2, 0) is 0 Å². The minimum atomic E-state index is 0.586. The van der Waals surface area contributed by atoms with E-state index in [2.05, 4.69) is 58.1 Å². The first-order chi connectivity index (χ1) is 10.5. The van der Waals surface area contributed by atoms with Gasteiger partial charge in [0.05, 0.1) is 0 Å². The van der Waals surface area contributed by atoms with Gasteiger partial charge in [0.15, 0.2) is 0 Å². The Morgan fingerprint density at radius 1 is 0.727 bits per heavy atom. The fourth-order valence-corrected chi connectivity index (χ4v) is 3.84. The molecule has 3 aliphatic carbocycles. The van der Waals surface area contributed by atoms with Gasteiger partial charge in [-0.15, -0.1) is 0 Å². The molecule has 0 amide bonds. The van der Waals surface area contributed by atoms with Crippen molar-refractivity contribution in [1.29, 1.82) is 0 Å². The Balaban J connectivity index is 2.03. The molecule has 0 aliphatic heterocycles. The Morgan fingerprint density at radius 3 is 2.18 bits per heavy atom. The van der Waals surface area contributed by atoms with E-state index in [1.54, 1.807) is 22.3 Å². The molecule has 3 aliphatic rings. The van der Waals surface area contributed by atoms with Gasteiger partial charge in [-0.3, -0.25) is 0 Å². The van der Waals surface area contributed by atoms with Crippen molar-refractivity contribution < 1.29 is 0 Å². The lowest BCUT2D eigenvalue weighted by Crippen LogP contribution is -2.14. The molecule has 0 aromatic carbocycles. The maximum atomic E-state index is 2.49. The fraction of sp³-hybridized carbons (Fsp3) is 0.455. The molecule has 0 N–H and O–H groups in total. The van der Waals surface area contributed by atoms with Gasteiger partial charge in [0, 0.05) is 5.92 Å². The molecule has 0 aromatic rings. The molecule has 0 heterocycles. The van der Waals surface area contributed by atoms with Crippen molar-refractivity contribution in [2.45, 2.75) is 59.8 Å². The van der Waals surface area contributed by atoms with Crippen molar-refractivity contribution in [2.24, 2.45) is 5.92 Å². The lowest BCUT2D eigenvalue weighted by atomic mass is 9.74. The molecule has 1 unspecified atom stereocenters. The van der Waals surface area contributed by atoms with Crippen molar-refractivity contribution in [3.63, 3.8) is 0 Å². The quantitative estimate of drug-likeness (QED) is 0.537. The second-order valence-electron chi connectivity index (χ2n) is 7.31. The molecule has 0 fully saturated rings. The van der Waals surface area contributed by atoms with Crippen LogP contribution in [0.4, 0.5) is 0 Å². The Bertz CT molecular complexity index is 656. The summed E-state index contributed by atoms with van der Waals surface area (Å²) in [5, 5.41) is 0. The summed E-state index contributed by atoms with van der Waals surface area (Å²) in [5.74, 6) is 0.586. The third kappa shape index (κ3) is 3.11. The van der Waals surface area contributed by atoms with Crippen LogP contribution >= 0.6 is 0 Å². The van der Waals surface area contributed by atoms with E-state index >= 15 is 0 Å². The van der Waals surface area contributed by atoms with Crippen LogP contribution < -0.4 is 0 Å². The lowest BCUT2D eigenvalue weighted by molar-refractivity contribution is 0.678. The van der Waals surface area contributed by atoms with Gasteiger partial charge in [0.1, 0.15) is 0 Å². The number of rotatable bonds is 2. The molecule has 0 spiro atoms. The highest BCUT2D eigenvalue weighted by atomic mass is 14.3. The predicted octanol–water partition coefficient (Wildman–Crippen LogP) is 6.60. The van der Waals surface area contributed by atoms with Crippen LogP contribution in [0.1, 0.15) is 59.8 Å². The normalized spacial score (nSPS) is 26.0. The van der Waals surface area contributed by atoms with Gasteiger partial charge >= 0.3 is 0 Å². The minimum absolute atomic E-state index is 0.586. The Morgan fingerprint density at radius 2 is 1.45 bits per heavy atom. The van der Waals surface area contributed by atoms with Crippen molar-refractivity contribution in [3.8, 4) is 0 Å². The predicted molar refractivity (Wildman–Crippen MR) is 96.7 cm³/mol. The van der Waals surface area contributed by atoms with Crippen molar-refractivity contribution >= 4 is 0 Å². The zero-order valence-corrected chi connectivity index (χ0v) is 14.5. The summed E-state index contributed by atoms with van der Waals surface area (Å²) in [6.07, 6.45) is 17.9. The van der Waals surface area contributed by atoms with Gasteiger partial charge in [0.2, 0.25) is 0 Å². The molecule has 116 valence electrons. The van der Waals surface area contributed by atoms with Gasteiger partial charge in [-0.1, -0.05) is 52.7 Å². The second-order valence-corrected chi connectivity index (χ2v) is 7.31. The summed E-state index contributed by atoms with van der Waals surface area (Å²) >= 11 is 0. The summed E-state index contributed by atoms with van der Waals surface area (Å²) < 4.78 is 0. The van der Waals surface area contributed by atoms with E-state index in [0.717, 1.165) is 0 Å². The van der Waals surface area contributed by atoms with Gasteiger partial charge < -0.3 is 0 Å². The molecule has 1 atom stereocenters. The molecule has 0 heteroatoms. The van der Waals surface area contributed by atoms with Crippen molar-refractivity contribution in [3.05, 3.63) is 69.4 Å². The van der Waals surface area contributed by atoms with Crippen LogP contribution in [0.5, 0.6) is 0 Å². The molecule has 0 radical (unpaired) electrons. The van der Waals surface area contributed by atoms with Gasteiger partial charge in [-0.25, -0.2) is 0 Å². The molecule has 0 saturated carbocycles. The zero-order chi connectivity index (χ0) is 15.7. The van der Waals surface area contributed by atoms with Crippen LogP contribution in [0.2, 0.25) is 0 Å². The summed E-state index contributed by atoms with van der Waals surface area (Å²) in [6.45, 7) is 9.10. The molecule has 0 saturated heterocycles. The van der Waals surface area contributed by atoms with E-state index < -0.39 is 0 Å². The van der Waals surface area contributed by atoms with E-state index in [4.69, 9.17) is 0 Å². The Kier molecular flexibility index (Phi) is 4.38. The van der Waals surface area contributed by atoms with Crippen LogP contribution in [0.15, 0.2) is 69.4 Å². The highest BCUT2D eigenvalue weighted by Gasteiger charge is 2.25. The number of hydrogen-bond donors (Lipinski definition) is 0. The zero-order valence-electron chi connectivity index (χ0n) is 14.5. The maximum absolute atomic E-state index is 2.49.